The number of nitrogens with one attached hydrogen (secondary N) is 2. The van der Waals surface area contributed by atoms with E-state index >= 15 is 0 Å². The number of hydrogen-bond donors (Lipinski definition) is 3. The van der Waals surface area contributed by atoms with E-state index in [1.54, 1.807) is 0 Å². The molecule has 94 valence electrons. The maximum atomic E-state index is 11.3. The fourth-order valence-corrected chi connectivity index (χ4v) is 1.69. The second-order valence-electron chi connectivity index (χ2n) is 3.40. The summed E-state index contributed by atoms with van der Waals surface area (Å²) >= 11 is 0. The van der Waals surface area contributed by atoms with Crippen LogP contribution < -0.4 is 15.8 Å². The van der Waals surface area contributed by atoms with Crippen molar-refractivity contribution in [2.75, 3.05) is 18.4 Å². The molecule has 0 aromatic heterocycles. The van der Waals surface area contributed by atoms with Crippen molar-refractivity contribution in [3.8, 4) is 0 Å². The zero-order chi connectivity index (χ0) is 12.9. The zero-order valence-electron chi connectivity index (χ0n) is 9.43. The molecule has 0 spiro atoms. The molecule has 0 heterocycles. The Bertz CT molecular complexity index is 482. The lowest BCUT2D eigenvalue weighted by molar-refractivity contribution is -0.115. The van der Waals surface area contributed by atoms with Crippen molar-refractivity contribution in [1.82, 2.24) is 5.32 Å². The predicted octanol–water partition coefficient (Wildman–Crippen LogP) is -0.118. The summed E-state index contributed by atoms with van der Waals surface area (Å²) in [6.45, 7) is 2.82. The summed E-state index contributed by atoms with van der Waals surface area (Å²) in [6, 6.07) is 5.67. The molecule has 0 atom stereocenters. The maximum Gasteiger partial charge on any atom is 0.238 e. The van der Waals surface area contributed by atoms with Crippen LogP contribution >= 0.6 is 0 Å². The van der Waals surface area contributed by atoms with Crippen LogP contribution in [-0.2, 0) is 14.8 Å². The summed E-state index contributed by atoms with van der Waals surface area (Å²) in [5.41, 5.74) is 0.528. The molecule has 1 aromatic rings. The van der Waals surface area contributed by atoms with E-state index in [0.29, 0.717) is 12.2 Å². The van der Waals surface area contributed by atoms with E-state index < -0.39 is 10.0 Å². The van der Waals surface area contributed by atoms with Crippen LogP contribution in [0, 0.1) is 0 Å². The Hall–Kier alpha value is -1.44. The number of likely N-dealkylation sites (N-methyl/N-ethyl adjacent to an activating group) is 1. The number of sulfonamides is 1. The minimum absolute atomic E-state index is 0.0159. The first-order valence-corrected chi connectivity index (χ1v) is 6.61. The molecule has 0 fully saturated rings. The van der Waals surface area contributed by atoms with Crippen molar-refractivity contribution < 1.29 is 13.2 Å². The van der Waals surface area contributed by atoms with Gasteiger partial charge in [-0.25, -0.2) is 13.6 Å². The Morgan fingerprint density at radius 2 is 1.88 bits per heavy atom. The van der Waals surface area contributed by atoms with Gasteiger partial charge in [0.05, 0.1) is 11.4 Å². The molecule has 0 unspecified atom stereocenters. The standard InChI is InChI=1S/C10H15N3O3S/c1-2-12-7-10(14)13-8-3-5-9(6-4-8)17(11,15)16/h3-6,12H,2,7H2,1H3,(H,13,14)(H2,11,15,16). The van der Waals surface area contributed by atoms with Crippen molar-refractivity contribution in [2.24, 2.45) is 5.14 Å². The summed E-state index contributed by atoms with van der Waals surface area (Å²) < 4.78 is 22.0. The maximum absolute atomic E-state index is 11.3. The molecule has 1 amide bonds. The highest BCUT2D eigenvalue weighted by Gasteiger charge is 2.07. The van der Waals surface area contributed by atoms with Crippen molar-refractivity contribution in [3.63, 3.8) is 0 Å². The molecule has 0 radical (unpaired) electrons. The number of hydrogen-bond acceptors (Lipinski definition) is 4. The van der Waals surface area contributed by atoms with Crippen molar-refractivity contribution in [2.45, 2.75) is 11.8 Å². The number of anilines is 1. The third-order valence-electron chi connectivity index (χ3n) is 2.00. The minimum atomic E-state index is -3.69. The smallest absolute Gasteiger partial charge is 0.238 e. The van der Waals surface area contributed by atoms with Gasteiger partial charge in [-0.1, -0.05) is 6.92 Å². The summed E-state index contributed by atoms with van der Waals surface area (Å²) in [5.74, 6) is -0.185. The van der Waals surface area contributed by atoms with E-state index in [4.69, 9.17) is 5.14 Å². The Kier molecular flexibility index (Phi) is 4.62. The number of primary sulfonamides is 1. The second-order valence-corrected chi connectivity index (χ2v) is 4.96. The number of amides is 1. The molecule has 1 aromatic carbocycles. The average molecular weight is 257 g/mol. The average Bonchev–Trinajstić information content (AvgIpc) is 2.26. The quantitative estimate of drug-likeness (QED) is 0.684. The van der Waals surface area contributed by atoms with Gasteiger partial charge in [0.15, 0.2) is 0 Å². The van der Waals surface area contributed by atoms with Crippen molar-refractivity contribution >= 4 is 21.6 Å². The van der Waals surface area contributed by atoms with Crippen LogP contribution in [-0.4, -0.2) is 27.4 Å². The highest BCUT2D eigenvalue weighted by molar-refractivity contribution is 7.89. The third-order valence-corrected chi connectivity index (χ3v) is 2.93. The van der Waals surface area contributed by atoms with Crippen LogP contribution in [0.4, 0.5) is 5.69 Å². The molecule has 4 N–H and O–H groups in total. The number of rotatable bonds is 5. The molecular formula is C10H15N3O3S. The normalized spacial score (nSPS) is 11.2. The molecule has 0 saturated heterocycles. The van der Waals surface area contributed by atoms with Gasteiger partial charge in [-0.05, 0) is 30.8 Å². The molecule has 7 heteroatoms. The van der Waals surface area contributed by atoms with Crippen LogP contribution in [0.15, 0.2) is 29.2 Å². The van der Waals surface area contributed by atoms with Crippen LogP contribution in [0.1, 0.15) is 6.92 Å². The van der Waals surface area contributed by atoms with Gasteiger partial charge in [-0.2, -0.15) is 0 Å². The largest absolute Gasteiger partial charge is 0.325 e. The third kappa shape index (κ3) is 4.51. The van der Waals surface area contributed by atoms with Gasteiger partial charge in [0, 0.05) is 5.69 Å². The van der Waals surface area contributed by atoms with Crippen LogP contribution in [0.25, 0.3) is 0 Å². The highest BCUT2D eigenvalue weighted by atomic mass is 32.2. The number of nitrogens with two attached hydrogens (primary N) is 1. The second kappa shape index (κ2) is 5.76. The Morgan fingerprint density at radius 1 is 1.29 bits per heavy atom. The van der Waals surface area contributed by atoms with E-state index in [0.717, 1.165) is 0 Å². The topological polar surface area (TPSA) is 101 Å². The van der Waals surface area contributed by atoms with E-state index in [-0.39, 0.29) is 17.3 Å². The SMILES string of the molecule is CCNCC(=O)Nc1ccc(S(N)(=O)=O)cc1. The number of carbonyl (C=O) groups excluding carboxylic acids is 1. The van der Waals surface area contributed by atoms with Gasteiger partial charge in [-0.3, -0.25) is 4.79 Å². The first kappa shape index (κ1) is 13.6. The van der Waals surface area contributed by atoms with E-state index in [1.165, 1.54) is 24.3 Å². The van der Waals surface area contributed by atoms with Gasteiger partial charge in [0.1, 0.15) is 0 Å². The van der Waals surface area contributed by atoms with Crippen molar-refractivity contribution in [3.05, 3.63) is 24.3 Å². The molecule has 0 aliphatic rings. The first-order chi connectivity index (χ1) is 7.93. The zero-order valence-corrected chi connectivity index (χ0v) is 10.3. The molecular weight excluding hydrogens is 242 g/mol. The van der Waals surface area contributed by atoms with Crippen LogP contribution in [0.3, 0.4) is 0 Å². The summed E-state index contributed by atoms with van der Waals surface area (Å²) in [4.78, 5) is 11.4. The van der Waals surface area contributed by atoms with E-state index in [9.17, 15) is 13.2 Å². The molecule has 0 aliphatic heterocycles. The fourth-order valence-electron chi connectivity index (χ4n) is 1.17. The predicted molar refractivity (Wildman–Crippen MR) is 65.0 cm³/mol. The van der Waals surface area contributed by atoms with E-state index in [2.05, 4.69) is 10.6 Å². The van der Waals surface area contributed by atoms with Gasteiger partial charge >= 0.3 is 0 Å². The molecule has 17 heavy (non-hydrogen) atoms. The van der Waals surface area contributed by atoms with Gasteiger partial charge < -0.3 is 10.6 Å². The van der Waals surface area contributed by atoms with Gasteiger partial charge in [-0.15, -0.1) is 0 Å². The minimum Gasteiger partial charge on any atom is -0.325 e. The Labute approximate surface area is 100 Å². The van der Waals surface area contributed by atoms with Crippen LogP contribution in [0.2, 0.25) is 0 Å². The number of benzene rings is 1. The summed E-state index contributed by atoms with van der Waals surface area (Å²) in [6.07, 6.45) is 0. The number of carbonyl (C=O) groups is 1. The van der Waals surface area contributed by atoms with Crippen LogP contribution in [0.5, 0.6) is 0 Å². The van der Waals surface area contributed by atoms with Gasteiger partial charge in [0.25, 0.3) is 0 Å². The lowest BCUT2D eigenvalue weighted by Crippen LogP contribution is -2.27. The molecule has 0 saturated carbocycles. The first-order valence-electron chi connectivity index (χ1n) is 5.07. The summed E-state index contributed by atoms with van der Waals surface area (Å²) in [7, 11) is -3.69. The van der Waals surface area contributed by atoms with E-state index in [1.807, 2.05) is 6.92 Å². The molecule has 6 nitrogen and oxygen atoms in total. The fraction of sp³-hybridized carbons (Fsp3) is 0.300. The lowest BCUT2D eigenvalue weighted by atomic mass is 10.3. The Balaban J connectivity index is 2.66. The Morgan fingerprint density at radius 3 is 2.35 bits per heavy atom. The highest BCUT2D eigenvalue weighted by Crippen LogP contribution is 2.12. The summed E-state index contributed by atoms with van der Waals surface area (Å²) in [5, 5.41) is 10.4. The molecule has 0 bridgehead atoms. The van der Waals surface area contributed by atoms with Crippen molar-refractivity contribution in [1.29, 1.82) is 0 Å². The van der Waals surface area contributed by atoms with Gasteiger partial charge in [0.2, 0.25) is 15.9 Å². The molecule has 0 aliphatic carbocycles. The molecule has 1 rings (SSSR count). The monoisotopic (exact) mass is 257 g/mol. The lowest BCUT2D eigenvalue weighted by Gasteiger charge is -2.06.